The van der Waals surface area contributed by atoms with Crippen molar-refractivity contribution in [2.45, 2.75) is 12.8 Å². The molecule has 0 radical (unpaired) electrons. The van der Waals surface area contributed by atoms with Crippen molar-refractivity contribution in [3.63, 3.8) is 0 Å². The highest BCUT2D eigenvalue weighted by Gasteiger charge is 2.30. The van der Waals surface area contributed by atoms with Crippen molar-refractivity contribution >= 4 is 12.6 Å². The fraction of sp³-hybridized carbons (Fsp3) is 0.176. The van der Waals surface area contributed by atoms with Crippen molar-refractivity contribution in [2.24, 2.45) is 5.41 Å². The van der Waals surface area contributed by atoms with Gasteiger partial charge in [0, 0.05) is 0 Å². The van der Waals surface area contributed by atoms with E-state index in [0.29, 0.717) is 12.8 Å². The predicted octanol–water partition coefficient (Wildman–Crippen LogP) is 2.86. The van der Waals surface area contributed by atoms with Crippen molar-refractivity contribution in [2.75, 3.05) is 0 Å². The first-order chi connectivity index (χ1) is 9.28. The molecule has 0 spiro atoms. The average Bonchev–Trinajstić information content (AvgIpc) is 2.48. The second-order valence-electron chi connectivity index (χ2n) is 4.79. The summed E-state index contributed by atoms with van der Waals surface area (Å²) in [7, 11) is 0. The van der Waals surface area contributed by atoms with Crippen LogP contribution in [0.5, 0.6) is 0 Å². The van der Waals surface area contributed by atoms with Crippen LogP contribution in [0.3, 0.4) is 0 Å². The molecule has 19 heavy (non-hydrogen) atoms. The standard InChI is InChI=1S/C17H16O2/c18-13-17(14-19,11-15-7-3-1-4-8-15)12-16-9-5-2-6-10-16/h1-10,13-14H,11-12H2. The van der Waals surface area contributed by atoms with E-state index in [4.69, 9.17) is 0 Å². The first-order valence-corrected chi connectivity index (χ1v) is 6.28. The van der Waals surface area contributed by atoms with Crippen LogP contribution in [0.15, 0.2) is 60.7 Å². The number of hydrogen-bond acceptors (Lipinski definition) is 2. The van der Waals surface area contributed by atoms with Gasteiger partial charge < -0.3 is 9.59 Å². The largest absolute Gasteiger partial charge is 0.302 e. The zero-order valence-electron chi connectivity index (χ0n) is 10.7. The van der Waals surface area contributed by atoms with Gasteiger partial charge in [-0.2, -0.15) is 0 Å². The molecule has 2 heteroatoms. The molecule has 2 nitrogen and oxygen atoms in total. The van der Waals surface area contributed by atoms with Crippen LogP contribution in [0.2, 0.25) is 0 Å². The molecule has 0 bridgehead atoms. The molecule has 0 amide bonds. The molecule has 0 aliphatic rings. The predicted molar refractivity (Wildman–Crippen MR) is 74.9 cm³/mol. The number of carbonyl (C=O) groups excluding carboxylic acids is 2. The van der Waals surface area contributed by atoms with Crippen molar-refractivity contribution < 1.29 is 9.59 Å². The Morgan fingerprint density at radius 1 is 0.684 bits per heavy atom. The van der Waals surface area contributed by atoms with Crippen molar-refractivity contribution in [3.8, 4) is 0 Å². The molecule has 0 fully saturated rings. The van der Waals surface area contributed by atoms with Gasteiger partial charge in [-0.15, -0.1) is 0 Å². The molecule has 0 unspecified atom stereocenters. The molecular formula is C17H16O2. The number of carbonyl (C=O) groups is 2. The quantitative estimate of drug-likeness (QED) is 0.585. The minimum Gasteiger partial charge on any atom is -0.302 e. The topological polar surface area (TPSA) is 34.1 Å². The third kappa shape index (κ3) is 3.38. The third-order valence-electron chi connectivity index (χ3n) is 3.22. The van der Waals surface area contributed by atoms with Crippen LogP contribution in [0.4, 0.5) is 0 Å². The van der Waals surface area contributed by atoms with Gasteiger partial charge in [0.25, 0.3) is 0 Å². The molecule has 0 saturated carbocycles. The Kier molecular flexibility index (Phi) is 4.24. The molecule has 0 aromatic heterocycles. The summed E-state index contributed by atoms with van der Waals surface area (Å²) in [5.41, 5.74) is 1.03. The summed E-state index contributed by atoms with van der Waals surface area (Å²) in [5, 5.41) is 0. The van der Waals surface area contributed by atoms with Gasteiger partial charge in [0.2, 0.25) is 0 Å². The van der Waals surface area contributed by atoms with Crippen molar-refractivity contribution in [1.82, 2.24) is 0 Å². The molecule has 2 aromatic carbocycles. The Morgan fingerprint density at radius 2 is 1.05 bits per heavy atom. The molecule has 0 aliphatic carbocycles. The average molecular weight is 252 g/mol. The van der Waals surface area contributed by atoms with Crippen molar-refractivity contribution in [1.29, 1.82) is 0 Å². The molecule has 0 N–H and O–H groups in total. The highest BCUT2D eigenvalue weighted by atomic mass is 16.1. The minimum absolute atomic E-state index is 0.440. The highest BCUT2D eigenvalue weighted by Crippen LogP contribution is 2.23. The maximum Gasteiger partial charge on any atom is 0.133 e. The van der Waals surface area contributed by atoms with E-state index in [1.807, 2.05) is 60.7 Å². The summed E-state index contributed by atoms with van der Waals surface area (Å²) in [6.45, 7) is 0. The van der Waals surface area contributed by atoms with Crippen LogP contribution in [0, 0.1) is 5.41 Å². The molecule has 0 heterocycles. The van der Waals surface area contributed by atoms with Gasteiger partial charge in [0.1, 0.15) is 12.6 Å². The third-order valence-corrected chi connectivity index (χ3v) is 3.22. The second kappa shape index (κ2) is 6.10. The highest BCUT2D eigenvalue weighted by molar-refractivity contribution is 5.84. The monoisotopic (exact) mass is 252 g/mol. The molecule has 0 atom stereocenters. The Hall–Kier alpha value is -2.22. The van der Waals surface area contributed by atoms with Crippen LogP contribution in [-0.4, -0.2) is 12.6 Å². The first kappa shape index (κ1) is 13.2. The number of hydrogen-bond donors (Lipinski definition) is 0. The Bertz CT molecular complexity index is 480. The van der Waals surface area contributed by atoms with Crippen LogP contribution < -0.4 is 0 Å². The lowest BCUT2D eigenvalue weighted by Gasteiger charge is -2.21. The van der Waals surface area contributed by atoms with Gasteiger partial charge in [-0.05, 0) is 24.0 Å². The van der Waals surface area contributed by atoms with E-state index in [-0.39, 0.29) is 0 Å². The van der Waals surface area contributed by atoms with Gasteiger partial charge in [-0.3, -0.25) is 0 Å². The first-order valence-electron chi connectivity index (χ1n) is 6.28. The normalized spacial score (nSPS) is 10.9. The van der Waals surface area contributed by atoms with Gasteiger partial charge in [-0.1, -0.05) is 60.7 Å². The van der Waals surface area contributed by atoms with Crippen LogP contribution in [0.25, 0.3) is 0 Å². The minimum atomic E-state index is -0.970. The fourth-order valence-electron chi connectivity index (χ4n) is 2.21. The lowest BCUT2D eigenvalue weighted by Crippen LogP contribution is -2.30. The Balaban J connectivity index is 2.23. The van der Waals surface area contributed by atoms with Gasteiger partial charge in [0.15, 0.2) is 0 Å². The lowest BCUT2D eigenvalue weighted by molar-refractivity contribution is -0.126. The van der Waals surface area contributed by atoms with E-state index in [0.717, 1.165) is 23.7 Å². The summed E-state index contributed by atoms with van der Waals surface area (Å²) in [6, 6.07) is 19.3. The van der Waals surface area contributed by atoms with E-state index >= 15 is 0 Å². The summed E-state index contributed by atoms with van der Waals surface area (Å²) in [6.07, 6.45) is 2.44. The summed E-state index contributed by atoms with van der Waals surface area (Å²) in [5.74, 6) is 0. The zero-order valence-corrected chi connectivity index (χ0v) is 10.7. The van der Waals surface area contributed by atoms with Gasteiger partial charge >= 0.3 is 0 Å². The lowest BCUT2D eigenvalue weighted by atomic mass is 9.79. The Morgan fingerprint density at radius 3 is 1.37 bits per heavy atom. The molecule has 0 saturated heterocycles. The summed E-state index contributed by atoms with van der Waals surface area (Å²) < 4.78 is 0. The molecule has 96 valence electrons. The second-order valence-corrected chi connectivity index (χ2v) is 4.79. The molecule has 2 rings (SSSR count). The van der Waals surface area contributed by atoms with Gasteiger partial charge in [-0.25, -0.2) is 0 Å². The van der Waals surface area contributed by atoms with Crippen molar-refractivity contribution in [3.05, 3.63) is 71.8 Å². The van der Waals surface area contributed by atoms with E-state index in [1.54, 1.807) is 0 Å². The SMILES string of the molecule is O=CC(C=O)(Cc1ccccc1)Cc1ccccc1. The number of rotatable bonds is 6. The smallest absolute Gasteiger partial charge is 0.133 e. The van der Waals surface area contributed by atoms with E-state index in [2.05, 4.69) is 0 Å². The summed E-state index contributed by atoms with van der Waals surface area (Å²) >= 11 is 0. The van der Waals surface area contributed by atoms with E-state index in [9.17, 15) is 9.59 Å². The van der Waals surface area contributed by atoms with Crippen LogP contribution >= 0.6 is 0 Å². The summed E-state index contributed by atoms with van der Waals surface area (Å²) in [4.78, 5) is 22.9. The Labute approximate surface area is 113 Å². The number of aldehydes is 2. The van der Waals surface area contributed by atoms with E-state index < -0.39 is 5.41 Å². The van der Waals surface area contributed by atoms with Crippen LogP contribution in [0.1, 0.15) is 11.1 Å². The molecular weight excluding hydrogens is 236 g/mol. The fourth-order valence-corrected chi connectivity index (χ4v) is 2.21. The molecule has 2 aromatic rings. The number of benzene rings is 2. The molecule has 0 aliphatic heterocycles. The van der Waals surface area contributed by atoms with Gasteiger partial charge in [0.05, 0.1) is 5.41 Å². The maximum atomic E-state index is 11.4. The van der Waals surface area contributed by atoms with E-state index in [1.165, 1.54) is 0 Å². The zero-order chi connectivity index (χ0) is 13.6. The van der Waals surface area contributed by atoms with Crippen LogP contribution in [-0.2, 0) is 22.4 Å². The maximum absolute atomic E-state index is 11.4.